The largest absolute Gasteiger partial charge is 0.460 e. The third-order valence-corrected chi connectivity index (χ3v) is 5.81. The molecule has 0 aromatic carbocycles. The minimum Gasteiger partial charge on any atom is -0.460 e. The summed E-state index contributed by atoms with van der Waals surface area (Å²) in [5, 5.41) is 7.12. The van der Waals surface area contributed by atoms with Crippen LogP contribution in [0, 0.1) is 0 Å². The van der Waals surface area contributed by atoms with Crippen molar-refractivity contribution in [3.63, 3.8) is 0 Å². The van der Waals surface area contributed by atoms with Gasteiger partial charge in [-0.05, 0) is 25.7 Å². The van der Waals surface area contributed by atoms with E-state index in [2.05, 4.69) is 35.3 Å². The molecular formula is C20H23F3N8O2. The van der Waals surface area contributed by atoms with E-state index in [4.69, 9.17) is 9.47 Å². The maximum absolute atomic E-state index is 13.2. The highest BCUT2D eigenvalue weighted by Gasteiger charge is 2.37. The molecule has 0 spiro atoms. The van der Waals surface area contributed by atoms with Crippen molar-refractivity contribution in [1.82, 2.24) is 29.5 Å². The van der Waals surface area contributed by atoms with E-state index >= 15 is 0 Å². The Hall–Kier alpha value is -3.22. The topological polar surface area (TPSA) is 103 Å². The lowest BCUT2D eigenvalue weighted by Gasteiger charge is -2.30. The zero-order valence-corrected chi connectivity index (χ0v) is 17.7. The summed E-state index contributed by atoms with van der Waals surface area (Å²) in [5.41, 5.74) is -0.361. The number of halogens is 3. The molecule has 13 heteroatoms. The predicted molar refractivity (Wildman–Crippen MR) is 111 cm³/mol. The normalized spacial score (nSPS) is 21.8. The molecule has 176 valence electrons. The van der Waals surface area contributed by atoms with E-state index < -0.39 is 11.9 Å². The average Bonchev–Trinajstić information content (AvgIpc) is 3.30. The average molecular weight is 464 g/mol. The Balaban J connectivity index is 1.25. The van der Waals surface area contributed by atoms with Crippen LogP contribution in [0.4, 0.5) is 24.8 Å². The highest BCUT2D eigenvalue weighted by atomic mass is 19.4. The number of hydrogen-bond acceptors (Lipinski definition) is 9. The number of nitrogens with zero attached hydrogens (tertiary/aromatic N) is 7. The highest BCUT2D eigenvalue weighted by molar-refractivity contribution is 5.52. The molecule has 0 radical (unpaired) electrons. The number of nitrogens with one attached hydrogen (secondary N) is 1. The van der Waals surface area contributed by atoms with E-state index in [9.17, 15) is 13.2 Å². The summed E-state index contributed by atoms with van der Waals surface area (Å²) in [7, 11) is 0. The fourth-order valence-corrected chi connectivity index (χ4v) is 4.14. The molecule has 1 aliphatic heterocycles. The van der Waals surface area contributed by atoms with Crippen molar-refractivity contribution >= 4 is 17.3 Å². The van der Waals surface area contributed by atoms with E-state index in [1.165, 1.54) is 12.5 Å². The van der Waals surface area contributed by atoms with E-state index in [0.717, 1.165) is 25.1 Å². The third kappa shape index (κ3) is 4.77. The predicted octanol–water partition coefficient (Wildman–Crippen LogP) is 2.57. The van der Waals surface area contributed by atoms with Gasteiger partial charge in [0.15, 0.2) is 17.2 Å². The molecule has 10 nitrogen and oxygen atoms in total. The molecule has 33 heavy (non-hydrogen) atoms. The van der Waals surface area contributed by atoms with Crippen molar-refractivity contribution in [2.24, 2.45) is 0 Å². The molecule has 5 rings (SSSR count). The first-order valence-corrected chi connectivity index (χ1v) is 10.8. The number of morpholine rings is 1. The zero-order chi connectivity index (χ0) is 22.8. The first-order chi connectivity index (χ1) is 16.0. The Bertz CT molecular complexity index is 1090. The number of rotatable bonds is 5. The summed E-state index contributed by atoms with van der Waals surface area (Å²) in [6, 6.07) is 2.07. The van der Waals surface area contributed by atoms with Gasteiger partial charge in [0.1, 0.15) is 18.2 Å². The number of fused-ring (bicyclic) bond motifs is 1. The molecule has 1 saturated heterocycles. The first-order valence-electron chi connectivity index (χ1n) is 10.8. The SMILES string of the molecule is FC(F)(F)c1nccnc1N[C@H]1CC[C@@H](Oc2nc(N3CCOCC3)cc3ncnn23)CC1. The quantitative estimate of drug-likeness (QED) is 0.610. The number of anilines is 2. The maximum Gasteiger partial charge on any atom is 0.437 e. The maximum atomic E-state index is 13.2. The Morgan fingerprint density at radius 1 is 1.03 bits per heavy atom. The smallest absolute Gasteiger partial charge is 0.437 e. The molecule has 1 aliphatic carbocycles. The van der Waals surface area contributed by atoms with Gasteiger partial charge in [0.05, 0.1) is 13.2 Å². The second kappa shape index (κ2) is 8.96. The molecule has 0 bridgehead atoms. The summed E-state index contributed by atoms with van der Waals surface area (Å²) >= 11 is 0. The molecule has 1 saturated carbocycles. The standard InChI is InChI=1S/C20H23F3N8O2/c21-20(22,23)17-18(25-6-5-24-17)28-13-1-3-14(4-2-13)33-19-29-16(30-7-9-32-10-8-30)11-15-26-12-27-31(15)19/h5-6,11-14H,1-4,7-10H2,(H,25,28)/t13-,14+. The summed E-state index contributed by atoms with van der Waals surface area (Å²) in [6.07, 6.45) is 1.61. The Morgan fingerprint density at radius 3 is 2.55 bits per heavy atom. The zero-order valence-electron chi connectivity index (χ0n) is 17.7. The summed E-state index contributed by atoms with van der Waals surface area (Å²) in [5.74, 6) is 0.519. The molecule has 0 unspecified atom stereocenters. The van der Waals surface area contributed by atoms with Gasteiger partial charge < -0.3 is 19.7 Å². The van der Waals surface area contributed by atoms with E-state index in [0.29, 0.717) is 50.6 Å². The molecule has 2 fully saturated rings. The van der Waals surface area contributed by atoms with Crippen molar-refractivity contribution in [2.75, 3.05) is 36.5 Å². The van der Waals surface area contributed by atoms with Gasteiger partial charge in [-0.3, -0.25) is 0 Å². The lowest BCUT2D eigenvalue weighted by molar-refractivity contribution is -0.140. The highest BCUT2D eigenvalue weighted by Crippen LogP contribution is 2.33. The van der Waals surface area contributed by atoms with E-state index in [-0.39, 0.29) is 18.0 Å². The van der Waals surface area contributed by atoms with Gasteiger partial charge in [-0.15, -0.1) is 0 Å². The fraction of sp³-hybridized carbons (Fsp3) is 0.550. The van der Waals surface area contributed by atoms with E-state index in [1.807, 2.05) is 6.07 Å². The molecule has 1 N–H and O–H groups in total. The monoisotopic (exact) mass is 464 g/mol. The Morgan fingerprint density at radius 2 is 1.79 bits per heavy atom. The minimum atomic E-state index is -4.56. The Kier molecular flexibility index (Phi) is 5.87. The van der Waals surface area contributed by atoms with Crippen molar-refractivity contribution in [3.05, 3.63) is 30.5 Å². The van der Waals surface area contributed by atoms with Gasteiger partial charge in [0, 0.05) is 37.6 Å². The van der Waals surface area contributed by atoms with Crippen LogP contribution in [0.5, 0.6) is 6.01 Å². The van der Waals surface area contributed by atoms with Gasteiger partial charge in [0.2, 0.25) is 0 Å². The summed E-state index contributed by atoms with van der Waals surface area (Å²) in [4.78, 5) is 18.3. The van der Waals surface area contributed by atoms with Gasteiger partial charge >= 0.3 is 12.2 Å². The van der Waals surface area contributed by atoms with Gasteiger partial charge in [-0.25, -0.2) is 15.0 Å². The number of aromatic nitrogens is 6. The molecule has 4 heterocycles. The second-order valence-electron chi connectivity index (χ2n) is 8.01. The fourth-order valence-electron chi connectivity index (χ4n) is 4.14. The van der Waals surface area contributed by atoms with Crippen LogP contribution in [-0.4, -0.2) is 68.0 Å². The first kappa shape index (κ1) is 21.6. The number of hydrogen-bond donors (Lipinski definition) is 1. The molecule has 0 atom stereocenters. The minimum absolute atomic E-state index is 0.133. The molecule has 2 aliphatic rings. The van der Waals surface area contributed by atoms with Crippen LogP contribution < -0.4 is 15.0 Å². The van der Waals surface area contributed by atoms with Crippen LogP contribution in [-0.2, 0) is 10.9 Å². The molecule has 0 amide bonds. The van der Waals surface area contributed by atoms with E-state index in [1.54, 1.807) is 4.52 Å². The lowest BCUT2D eigenvalue weighted by atomic mass is 9.93. The van der Waals surface area contributed by atoms with Crippen LogP contribution in [0.15, 0.2) is 24.8 Å². The van der Waals surface area contributed by atoms with Crippen LogP contribution in [0.25, 0.3) is 5.65 Å². The third-order valence-electron chi connectivity index (χ3n) is 5.81. The molecule has 3 aromatic rings. The van der Waals surface area contributed by atoms with Gasteiger partial charge in [-0.2, -0.15) is 27.8 Å². The summed E-state index contributed by atoms with van der Waals surface area (Å²) < 4.78 is 52.7. The Labute approximate surface area is 187 Å². The van der Waals surface area contributed by atoms with Crippen LogP contribution in [0.1, 0.15) is 31.4 Å². The van der Waals surface area contributed by atoms with Crippen molar-refractivity contribution < 1.29 is 22.6 Å². The van der Waals surface area contributed by atoms with Crippen molar-refractivity contribution in [1.29, 1.82) is 0 Å². The van der Waals surface area contributed by atoms with Crippen LogP contribution in [0.3, 0.4) is 0 Å². The number of ether oxygens (including phenoxy) is 2. The van der Waals surface area contributed by atoms with Crippen LogP contribution >= 0.6 is 0 Å². The van der Waals surface area contributed by atoms with Gasteiger partial charge in [0.25, 0.3) is 0 Å². The number of alkyl halides is 3. The van der Waals surface area contributed by atoms with Crippen molar-refractivity contribution in [3.8, 4) is 6.01 Å². The molecular weight excluding hydrogens is 441 g/mol. The van der Waals surface area contributed by atoms with Crippen molar-refractivity contribution in [2.45, 2.75) is 44.0 Å². The van der Waals surface area contributed by atoms with Crippen LogP contribution in [0.2, 0.25) is 0 Å². The lowest BCUT2D eigenvalue weighted by Crippen LogP contribution is -2.37. The van der Waals surface area contributed by atoms with Gasteiger partial charge in [-0.1, -0.05) is 0 Å². The second-order valence-corrected chi connectivity index (χ2v) is 8.01. The molecule has 3 aromatic heterocycles. The summed E-state index contributed by atoms with van der Waals surface area (Å²) in [6.45, 7) is 2.73.